The molecule has 0 aliphatic heterocycles. The van der Waals surface area contributed by atoms with Crippen LogP contribution in [-0.4, -0.2) is 33.5 Å². The van der Waals surface area contributed by atoms with Gasteiger partial charge in [0.15, 0.2) is 5.82 Å². The number of rotatable bonds is 6. The van der Waals surface area contributed by atoms with Gasteiger partial charge in [0.1, 0.15) is 0 Å². The van der Waals surface area contributed by atoms with Gasteiger partial charge in [-0.05, 0) is 43.4 Å². The summed E-state index contributed by atoms with van der Waals surface area (Å²) in [7, 11) is 2.01. The van der Waals surface area contributed by atoms with Crippen LogP contribution in [-0.2, 0) is 18.3 Å². The number of carbonyl (C=O) groups is 1. The maximum Gasteiger partial charge on any atom is 0.286 e. The Morgan fingerprint density at radius 3 is 2.62 bits per heavy atom. The number of hydrogen-bond donors (Lipinski definition) is 1. The standard InChI is InChI=1S/C12H14N2.C10H13FN2O3.C2H6/c1-14-12-7-3-6-10(9-4-2-5-9)11(12)8-13-14;1-2-16-4-3-13-6-7(9(12)14)5-8(11)10(13)15;1-2/h3,6-9H,2,4-5H2,1H3;5-6H,2-4H2,1H3,(H2,12,14);1-2H3. The summed E-state index contributed by atoms with van der Waals surface area (Å²) in [5.74, 6) is -0.972. The van der Waals surface area contributed by atoms with Gasteiger partial charge in [0, 0.05) is 31.8 Å². The van der Waals surface area contributed by atoms with E-state index in [0.29, 0.717) is 6.61 Å². The van der Waals surface area contributed by atoms with Crippen LogP contribution in [0.15, 0.2) is 41.5 Å². The first-order chi connectivity index (χ1) is 15.4. The van der Waals surface area contributed by atoms with E-state index >= 15 is 0 Å². The molecule has 1 saturated carbocycles. The number of benzene rings is 1. The molecule has 0 saturated heterocycles. The normalized spacial score (nSPS) is 12.9. The van der Waals surface area contributed by atoms with Crippen LogP contribution < -0.4 is 11.3 Å². The molecule has 2 heterocycles. The van der Waals surface area contributed by atoms with Crippen molar-refractivity contribution >= 4 is 16.8 Å². The van der Waals surface area contributed by atoms with Gasteiger partial charge in [-0.2, -0.15) is 5.10 Å². The monoisotopic (exact) mass is 444 g/mol. The lowest BCUT2D eigenvalue weighted by molar-refractivity contribution is 0.0998. The zero-order valence-corrected chi connectivity index (χ0v) is 19.3. The van der Waals surface area contributed by atoms with Crippen LogP contribution >= 0.6 is 0 Å². The number of aryl methyl sites for hydroxylation is 1. The highest BCUT2D eigenvalue weighted by molar-refractivity contribution is 5.92. The molecule has 0 bridgehead atoms. The molecule has 0 atom stereocenters. The van der Waals surface area contributed by atoms with Crippen molar-refractivity contribution in [2.24, 2.45) is 12.8 Å². The number of amides is 1. The second-order valence-corrected chi connectivity index (χ2v) is 7.31. The Balaban J connectivity index is 0.000000211. The molecule has 1 aromatic carbocycles. The summed E-state index contributed by atoms with van der Waals surface area (Å²) in [5, 5.41) is 5.66. The minimum Gasteiger partial charge on any atom is -0.380 e. The van der Waals surface area contributed by atoms with E-state index in [1.54, 1.807) is 0 Å². The lowest BCUT2D eigenvalue weighted by Crippen LogP contribution is -2.27. The van der Waals surface area contributed by atoms with E-state index in [9.17, 15) is 14.0 Å². The number of carbonyl (C=O) groups excluding carboxylic acids is 1. The van der Waals surface area contributed by atoms with E-state index in [-0.39, 0.29) is 18.7 Å². The maximum atomic E-state index is 13.1. The number of primary amides is 1. The molecule has 4 rings (SSSR count). The van der Waals surface area contributed by atoms with Gasteiger partial charge < -0.3 is 15.0 Å². The lowest BCUT2D eigenvalue weighted by Gasteiger charge is -2.26. The Bertz CT molecular complexity index is 1090. The molecule has 0 radical (unpaired) electrons. The van der Waals surface area contributed by atoms with E-state index in [1.807, 2.05) is 38.7 Å². The molecular formula is C24H33FN4O3. The van der Waals surface area contributed by atoms with Gasteiger partial charge in [0.05, 0.1) is 23.9 Å². The molecule has 1 aliphatic carbocycles. The Morgan fingerprint density at radius 2 is 2.03 bits per heavy atom. The third-order valence-corrected chi connectivity index (χ3v) is 5.38. The number of fused-ring (bicyclic) bond motifs is 1. The van der Waals surface area contributed by atoms with Crippen LogP contribution in [0.5, 0.6) is 0 Å². The summed E-state index contributed by atoms with van der Waals surface area (Å²) in [6.07, 6.45) is 7.33. The molecule has 7 nitrogen and oxygen atoms in total. The predicted molar refractivity (Wildman–Crippen MR) is 124 cm³/mol. The summed E-state index contributed by atoms with van der Waals surface area (Å²) in [4.78, 5) is 22.2. The van der Waals surface area contributed by atoms with E-state index in [4.69, 9.17) is 10.5 Å². The number of ether oxygens (including phenoxy) is 1. The molecule has 8 heteroatoms. The summed E-state index contributed by atoms with van der Waals surface area (Å²) in [6, 6.07) is 7.39. The van der Waals surface area contributed by atoms with Crippen molar-refractivity contribution in [1.82, 2.24) is 14.3 Å². The van der Waals surface area contributed by atoms with Crippen LogP contribution in [0.4, 0.5) is 4.39 Å². The Labute approximate surface area is 188 Å². The molecule has 0 unspecified atom stereocenters. The van der Waals surface area contributed by atoms with E-state index in [2.05, 4.69) is 23.3 Å². The van der Waals surface area contributed by atoms with Gasteiger partial charge >= 0.3 is 0 Å². The predicted octanol–water partition coefficient (Wildman–Crippen LogP) is 3.99. The Morgan fingerprint density at radius 1 is 1.31 bits per heavy atom. The van der Waals surface area contributed by atoms with Gasteiger partial charge in [-0.1, -0.05) is 32.4 Å². The van der Waals surface area contributed by atoms with Crippen molar-refractivity contribution in [2.45, 2.75) is 52.5 Å². The molecule has 2 N–H and O–H groups in total. The van der Waals surface area contributed by atoms with E-state index in [1.165, 1.54) is 41.9 Å². The van der Waals surface area contributed by atoms with Crippen LogP contribution in [0.2, 0.25) is 0 Å². The molecule has 1 aliphatic rings. The SMILES string of the molecule is CC.CCOCCn1cc(C(N)=O)cc(F)c1=O.Cn1ncc2c(C3CCC3)cccc21. The highest BCUT2D eigenvalue weighted by Gasteiger charge is 2.21. The smallest absolute Gasteiger partial charge is 0.286 e. The van der Waals surface area contributed by atoms with Crippen molar-refractivity contribution in [3.63, 3.8) is 0 Å². The fraction of sp³-hybridized carbons (Fsp3) is 0.458. The van der Waals surface area contributed by atoms with Gasteiger partial charge in [-0.15, -0.1) is 0 Å². The van der Waals surface area contributed by atoms with Crippen molar-refractivity contribution in [2.75, 3.05) is 13.2 Å². The molecule has 0 spiro atoms. The summed E-state index contributed by atoms with van der Waals surface area (Å²) in [5.41, 5.74) is 6.94. The maximum absolute atomic E-state index is 13.1. The zero-order chi connectivity index (χ0) is 23.7. The summed E-state index contributed by atoms with van der Waals surface area (Å²) in [6.45, 7) is 6.78. The van der Waals surface area contributed by atoms with Gasteiger partial charge in [0.25, 0.3) is 5.56 Å². The Hall–Kier alpha value is -3.00. The number of pyridine rings is 1. The topological polar surface area (TPSA) is 92.1 Å². The number of nitrogens with zero attached hydrogens (tertiary/aromatic N) is 3. The van der Waals surface area contributed by atoms with Crippen molar-refractivity contribution in [3.05, 3.63) is 64.0 Å². The largest absolute Gasteiger partial charge is 0.380 e. The molecule has 2 aromatic heterocycles. The fourth-order valence-corrected chi connectivity index (χ4v) is 3.48. The first kappa shape index (κ1) is 25.3. The van der Waals surface area contributed by atoms with Crippen molar-refractivity contribution < 1.29 is 13.9 Å². The van der Waals surface area contributed by atoms with Gasteiger partial charge in [-0.3, -0.25) is 14.3 Å². The molecule has 1 amide bonds. The number of hydrogen-bond acceptors (Lipinski definition) is 4. The highest BCUT2D eigenvalue weighted by Crippen LogP contribution is 2.39. The summed E-state index contributed by atoms with van der Waals surface area (Å²) < 4.78 is 21.2. The van der Waals surface area contributed by atoms with Crippen LogP contribution in [0.3, 0.4) is 0 Å². The molecular weight excluding hydrogens is 411 g/mol. The molecule has 1 fully saturated rings. The van der Waals surface area contributed by atoms with E-state index < -0.39 is 17.3 Å². The third-order valence-electron chi connectivity index (χ3n) is 5.38. The minimum absolute atomic E-state index is 0.0337. The average molecular weight is 445 g/mol. The van der Waals surface area contributed by atoms with Gasteiger partial charge in [-0.25, -0.2) is 4.39 Å². The Kier molecular flexibility index (Phi) is 9.59. The lowest BCUT2D eigenvalue weighted by atomic mass is 9.79. The quantitative estimate of drug-likeness (QED) is 0.582. The minimum atomic E-state index is -0.993. The van der Waals surface area contributed by atoms with E-state index in [0.717, 1.165) is 16.6 Å². The van der Waals surface area contributed by atoms with Crippen molar-refractivity contribution in [1.29, 1.82) is 0 Å². The second kappa shape index (κ2) is 12.1. The first-order valence-corrected chi connectivity index (χ1v) is 11.1. The molecule has 3 aromatic rings. The van der Waals surface area contributed by atoms with Crippen LogP contribution in [0.1, 0.15) is 61.9 Å². The summed E-state index contributed by atoms with van der Waals surface area (Å²) >= 11 is 0. The average Bonchev–Trinajstić information content (AvgIpc) is 3.13. The van der Waals surface area contributed by atoms with Crippen molar-refractivity contribution in [3.8, 4) is 0 Å². The highest BCUT2D eigenvalue weighted by atomic mass is 19.1. The fourth-order valence-electron chi connectivity index (χ4n) is 3.48. The molecule has 32 heavy (non-hydrogen) atoms. The number of halogens is 1. The molecule has 174 valence electrons. The number of aromatic nitrogens is 3. The van der Waals surface area contributed by atoms with Crippen LogP contribution in [0.25, 0.3) is 10.9 Å². The zero-order valence-electron chi connectivity index (χ0n) is 19.3. The number of nitrogens with two attached hydrogens (primary N) is 1. The van der Waals surface area contributed by atoms with Crippen LogP contribution in [0, 0.1) is 5.82 Å². The second-order valence-electron chi connectivity index (χ2n) is 7.31. The first-order valence-electron chi connectivity index (χ1n) is 11.1. The third kappa shape index (κ3) is 6.03. The van der Waals surface area contributed by atoms with Gasteiger partial charge in [0.2, 0.25) is 5.91 Å².